The van der Waals surface area contributed by atoms with Gasteiger partial charge in [0.05, 0.1) is 0 Å². The van der Waals surface area contributed by atoms with Crippen LogP contribution >= 0.6 is 76.5 Å². The summed E-state index contributed by atoms with van der Waals surface area (Å²) in [7, 11) is 0. The molecule has 0 amide bonds. The molecule has 7 heteroatoms. The summed E-state index contributed by atoms with van der Waals surface area (Å²) in [5.41, 5.74) is 5.82. The van der Waals surface area contributed by atoms with Gasteiger partial charge in [0.2, 0.25) is 4.83 Å². The second-order valence-corrected chi connectivity index (χ2v) is 53.9. The van der Waals surface area contributed by atoms with Crippen LogP contribution in [0.3, 0.4) is 0 Å². The van der Waals surface area contributed by atoms with Crippen molar-refractivity contribution in [3.8, 4) is 0 Å². The maximum Gasteiger partial charge on any atom is 0.280 e. The summed E-state index contributed by atoms with van der Waals surface area (Å²) in [6.45, 7) is 11.3. The van der Waals surface area contributed by atoms with Crippen molar-refractivity contribution < 1.29 is 0 Å². The van der Waals surface area contributed by atoms with Crippen molar-refractivity contribution in [1.82, 2.24) is 0 Å². The van der Waals surface area contributed by atoms with Crippen molar-refractivity contribution >= 4 is 84.7 Å². The molecule has 0 saturated heterocycles. The van der Waals surface area contributed by atoms with E-state index in [2.05, 4.69) is 111 Å². The Balaban J connectivity index is 3.51. The maximum atomic E-state index is 4.03. The highest BCUT2D eigenvalue weighted by Gasteiger charge is 2.63. The molecule has 0 aromatic carbocycles. The average molecular weight is 591 g/mol. The fourth-order valence-electron chi connectivity index (χ4n) is 2.35. The highest BCUT2D eigenvalue weighted by atomic mass is 80.0. The molecule has 1 aliphatic carbocycles. The van der Waals surface area contributed by atoms with Gasteiger partial charge in [0.1, 0.15) is 0 Å². The third-order valence-electron chi connectivity index (χ3n) is 4.17. The van der Waals surface area contributed by atoms with Gasteiger partial charge in [-0.2, -0.15) is 0 Å². The van der Waals surface area contributed by atoms with Crippen LogP contribution in [0.1, 0.15) is 34.6 Å². The van der Waals surface area contributed by atoms with Gasteiger partial charge in [0, 0.05) is 5.04 Å². The zero-order valence-corrected chi connectivity index (χ0v) is 20.3. The van der Waals surface area contributed by atoms with E-state index in [-0.39, 0.29) is 5.04 Å². The van der Waals surface area contributed by atoms with Crippen molar-refractivity contribution in [2.24, 2.45) is 0 Å². The molecule has 0 heterocycles. The highest BCUT2D eigenvalue weighted by Crippen LogP contribution is 2.67. The fourth-order valence-corrected chi connectivity index (χ4v) is 21.3. The number of rotatable bonds is 2. The molecule has 0 radical (unpaired) electrons. The van der Waals surface area contributed by atoms with Gasteiger partial charge in [0.25, 0.3) is 3.45 Å². The largest absolute Gasteiger partial charge is 0.280 e. The summed E-state index contributed by atoms with van der Waals surface area (Å²) in [6, 6.07) is 0. The molecule has 0 aromatic rings. The van der Waals surface area contributed by atoms with Crippen LogP contribution in [0.5, 0.6) is 0 Å². The lowest BCUT2D eigenvalue weighted by atomic mass is 9.98. The third kappa shape index (κ3) is 2.48. The molecule has 17 heavy (non-hydrogen) atoms. The topological polar surface area (TPSA) is 0 Å². The molecule has 0 aromatic heterocycles. The Labute approximate surface area is 145 Å². The SMILES string of the molecule is CC1=C(C)C(C)([Si](Br)(Br)[Si](Br)(Br)Br)C(C)=C1C. The quantitative estimate of drug-likeness (QED) is 0.243. The van der Waals surface area contributed by atoms with E-state index in [9.17, 15) is 0 Å². The molecule has 0 bridgehead atoms. The van der Waals surface area contributed by atoms with Gasteiger partial charge in [-0.25, -0.2) is 0 Å². The molecular weight excluding hydrogens is 576 g/mol. The van der Waals surface area contributed by atoms with Gasteiger partial charge in [-0.1, -0.05) is 63.9 Å². The van der Waals surface area contributed by atoms with Crippen molar-refractivity contribution in [3.05, 3.63) is 22.3 Å². The molecule has 98 valence electrons. The van der Waals surface area contributed by atoms with E-state index in [1.807, 2.05) is 0 Å². The molecule has 0 aliphatic heterocycles. The van der Waals surface area contributed by atoms with E-state index >= 15 is 0 Å². The van der Waals surface area contributed by atoms with E-state index in [1.54, 1.807) is 0 Å². The average Bonchev–Trinajstić information content (AvgIpc) is 2.33. The molecule has 0 N–H and O–H groups in total. The number of allylic oxidation sites excluding steroid dienone is 4. The number of hydrogen-bond acceptors (Lipinski definition) is 0. The highest BCUT2D eigenvalue weighted by molar-refractivity contribution is 9.81. The summed E-state index contributed by atoms with van der Waals surface area (Å²) in [5, 5.41) is 0.0872. The second kappa shape index (κ2) is 5.26. The van der Waals surface area contributed by atoms with Crippen LogP contribution in [-0.2, 0) is 0 Å². The van der Waals surface area contributed by atoms with Crippen molar-refractivity contribution in [2.45, 2.75) is 39.7 Å². The number of hydrogen-bond donors (Lipinski definition) is 0. The zero-order chi connectivity index (χ0) is 13.8. The Kier molecular flexibility index (Phi) is 5.37. The minimum atomic E-state index is -1.91. The predicted molar refractivity (Wildman–Crippen MR) is 101 cm³/mol. The van der Waals surface area contributed by atoms with Gasteiger partial charge in [-0.3, -0.25) is 0 Å². The lowest BCUT2D eigenvalue weighted by molar-refractivity contribution is 0.832. The van der Waals surface area contributed by atoms with Crippen LogP contribution in [0.4, 0.5) is 0 Å². The number of halogens is 5. The van der Waals surface area contributed by atoms with Crippen molar-refractivity contribution in [3.63, 3.8) is 0 Å². The lowest BCUT2D eigenvalue weighted by Crippen LogP contribution is -2.50. The monoisotopic (exact) mass is 586 g/mol. The smallest absolute Gasteiger partial charge is 0.110 e. The van der Waals surface area contributed by atoms with Crippen LogP contribution < -0.4 is 0 Å². The Hall–Kier alpha value is 2.31. The molecule has 0 fully saturated rings. The molecular formula is C10H15Br5Si2. The summed E-state index contributed by atoms with van der Waals surface area (Å²) in [4.78, 5) is -1.91. The van der Waals surface area contributed by atoms with E-state index in [0.717, 1.165) is 0 Å². The summed E-state index contributed by atoms with van der Waals surface area (Å²) in [5.74, 6) is 0. The molecule has 0 saturated carbocycles. The molecule has 0 nitrogen and oxygen atoms in total. The van der Waals surface area contributed by atoms with Crippen LogP contribution in [0.2, 0.25) is 5.04 Å². The van der Waals surface area contributed by atoms with Crippen LogP contribution in [0.25, 0.3) is 0 Å². The van der Waals surface area contributed by atoms with Gasteiger partial charge >= 0.3 is 0 Å². The van der Waals surface area contributed by atoms with Crippen LogP contribution in [0, 0.1) is 0 Å². The Morgan fingerprint density at radius 3 is 1.29 bits per heavy atom. The van der Waals surface area contributed by atoms with E-state index < -0.39 is 8.28 Å². The van der Waals surface area contributed by atoms with E-state index in [4.69, 9.17) is 0 Å². The van der Waals surface area contributed by atoms with Gasteiger partial charge in [0.15, 0.2) is 0 Å². The van der Waals surface area contributed by atoms with Crippen LogP contribution in [0.15, 0.2) is 22.3 Å². The second-order valence-electron chi connectivity index (χ2n) is 4.70. The first kappa shape index (κ1) is 17.4. The Bertz CT molecular complexity index is 393. The summed E-state index contributed by atoms with van der Waals surface area (Å²) in [6.07, 6.45) is 0. The first-order valence-corrected chi connectivity index (χ1v) is 21.5. The third-order valence-corrected chi connectivity index (χ3v) is 70.8. The maximum absolute atomic E-state index is 4.03. The van der Waals surface area contributed by atoms with E-state index in [0.29, 0.717) is 0 Å². The van der Waals surface area contributed by atoms with Crippen molar-refractivity contribution in [2.75, 3.05) is 0 Å². The standard InChI is InChI=1S/C10H15Br5Si2/c1-6-7(2)9(4)10(5,8(6)3)16(11,12)17(13,14)15/h1-5H3. The van der Waals surface area contributed by atoms with Gasteiger partial charge < -0.3 is 0 Å². The fraction of sp³-hybridized carbons (Fsp3) is 0.600. The normalized spacial score (nSPS) is 21.5. The zero-order valence-electron chi connectivity index (χ0n) is 10.4. The molecule has 1 rings (SSSR count). The van der Waals surface area contributed by atoms with Crippen molar-refractivity contribution in [1.29, 1.82) is 0 Å². The molecule has 0 spiro atoms. The first-order chi connectivity index (χ1) is 7.39. The van der Waals surface area contributed by atoms with Gasteiger partial charge in [-0.05, 0) is 38.8 Å². The minimum absolute atomic E-state index is 0.0872. The molecule has 0 unspecified atom stereocenters. The van der Waals surface area contributed by atoms with Gasteiger partial charge in [-0.15, -0.1) is 30.6 Å². The first-order valence-electron chi connectivity index (χ1n) is 5.19. The Morgan fingerprint density at radius 2 is 1.06 bits per heavy atom. The molecule has 1 aliphatic rings. The minimum Gasteiger partial charge on any atom is -0.110 e. The predicted octanol–water partition coefficient (Wildman–Crippen LogP) is 6.87. The molecule has 0 atom stereocenters. The lowest BCUT2D eigenvalue weighted by Gasteiger charge is -2.43. The summed E-state index contributed by atoms with van der Waals surface area (Å²) < 4.78 is -1.82. The van der Waals surface area contributed by atoms with E-state index in [1.165, 1.54) is 22.3 Å². The Morgan fingerprint density at radius 1 is 0.765 bits per heavy atom. The van der Waals surface area contributed by atoms with Crippen LogP contribution in [-0.4, -0.2) is 8.28 Å². The summed E-state index contributed by atoms with van der Waals surface area (Å²) >= 11 is 19.6.